The summed E-state index contributed by atoms with van der Waals surface area (Å²) in [5, 5.41) is 11.1. The maximum atomic E-state index is 11.3. The molecule has 16 heavy (non-hydrogen) atoms. The predicted molar refractivity (Wildman–Crippen MR) is 66.9 cm³/mol. The van der Waals surface area contributed by atoms with Crippen LogP contribution in [-0.2, 0) is 0 Å². The van der Waals surface area contributed by atoms with E-state index in [1.165, 1.54) is 11.3 Å². The van der Waals surface area contributed by atoms with E-state index in [2.05, 4.69) is 20.9 Å². The number of aromatic nitrogens is 1. The molecule has 1 unspecified atom stereocenters. The molecule has 3 N–H and O–H groups in total. The first kappa shape index (κ1) is 12.9. The SMILES string of the molecule is CCCNC(=O)Nc1nc(C(C)NC)cs1. The van der Waals surface area contributed by atoms with Gasteiger partial charge in [-0.25, -0.2) is 9.78 Å². The highest BCUT2D eigenvalue weighted by molar-refractivity contribution is 7.13. The van der Waals surface area contributed by atoms with Gasteiger partial charge in [-0.05, 0) is 20.4 Å². The average molecular weight is 242 g/mol. The highest BCUT2D eigenvalue weighted by atomic mass is 32.1. The van der Waals surface area contributed by atoms with Crippen molar-refractivity contribution in [1.29, 1.82) is 0 Å². The Morgan fingerprint density at radius 2 is 2.38 bits per heavy atom. The smallest absolute Gasteiger partial charge is 0.321 e. The number of carbonyl (C=O) groups is 1. The van der Waals surface area contributed by atoms with E-state index >= 15 is 0 Å². The Hall–Kier alpha value is -1.14. The summed E-state index contributed by atoms with van der Waals surface area (Å²) in [6, 6.07) is 0.00497. The largest absolute Gasteiger partial charge is 0.338 e. The fourth-order valence-electron chi connectivity index (χ4n) is 1.07. The lowest BCUT2D eigenvalue weighted by atomic mass is 10.3. The zero-order valence-corrected chi connectivity index (χ0v) is 10.6. The zero-order valence-electron chi connectivity index (χ0n) is 9.83. The number of urea groups is 1. The molecule has 1 aromatic rings. The molecule has 0 radical (unpaired) electrons. The molecular weight excluding hydrogens is 224 g/mol. The standard InChI is InChI=1S/C10H18N4OS/c1-4-5-12-9(15)14-10-13-8(6-16-10)7(2)11-3/h6-7,11H,4-5H2,1-3H3,(H2,12,13,14,15). The van der Waals surface area contributed by atoms with Crippen molar-refractivity contribution >= 4 is 22.5 Å². The van der Waals surface area contributed by atoms with E-state index in [0.717, 1.165) is 12.1 Å². The Kier molecular flexibility index (Phi) is 5.21. The molecule has 0 aliphatic carbocycles. The summed E-state index contributed by atoms with van der Waals surface area (Å²) in [4.78, 5) is 15.7. The number of carbonyl (C=O) groups excluding carboxylic acids is 1. The van der Waals surface area contributed by atoms with Crippen LogP contribution in [0.3, 0.4) is 0 Å². The fraction of sp³-hybridized carbons (Fsp3) is 0.600. The molecule has 0 spiro atoms. The van der Waals surface area contributed by atoms with Gasteiger partial charge >= 0.3 is 6.03 Å². The van der Waals surface area contributed by atoms with E-state index in [1.54, 1.807) is 0 Å². The molecule has 1 aromatic heterocycles. The van der Waals surface area contributed by atoms with E-state index in [-0.39, 0.29) is 12.1 Å². The lowest BCUT2D eigenvalue weighted by Crippen LogP contribution is -2.29. The van der Waals surface area contributed by atoms with Crippen LogP contribution in [-0.4, -0.2) is 24.6 Å². The van der Waals surface area contributed by atoms with Crippen molar-refractivity contribution in [1.82, 2.24) is 15.6 Å². The Balaban J connectivity index is 2.48. The second-order valence-electron chi connectivity index (χ2n) is 3.47. The minimum atomic E-state index is -0.195. The van der Waals surface area contributed by atoms with Crippen LogP contribution in [0.1, 0.15) is 32.0 Å². The van der Waals surface area contributed by atoms with Crippen LogP contribution >= 0.6 is 11.3 Å². The summed E-state index contributed by atoms with van der Waals surface area (Å²) in [5.74, 6) is 0. The highest BCUT2D eigenvalue weighted by Gasteiger charge is 2.09. The van der Waals surface area contributed by atoms with Crippen molar-refractivity contribution in [3.63, 3.8) is 0 Å². The van der Waals surface area contributed by atoms with Crippen molar-refractivity contribution in [3.05, 3.63) is 11.1 Å². The van der Waals surface area contributed by atoms with E-state index < -0.39 is 0 Å². The van der Waals surface area contributed by atoms with Crippen molar-refractivity contribution in [2.24, 2.45) is 0 Å². The number of thiazole rings is 1. The minimum absolute atomic E-state index is 0.195. The summed E-state index contributed by atoms with van der Waals surface area (Å²) >= 11 is 1.43. The van der Waals surface area contributed by atoms with Crippen LogP contribution in [0, 0.1) is 0 Å². The van der Waals surface area contributed by atoms with Gasteiger partial charge in [-0.3, -0.25) is 5.32 Å². The number of hydrogen-bond acceptors (Lipinski definition) is 4. The first-order chi connectivity index (χ1) is 7.67. The molecule has 90 valence electrons. The maximum Gasteiger partial charge on any atom is 0.321 e. The molecular formula is C10H18N4OS. The molecule has 0 fully saturated rings. The molecule has 0 aromatic carbocycles. The summed E-state index contributed by atoms with van der Waals surface area (Å²) in [7, 11) is 1.88. The molecule has 1 atom stereocenters. The summed E-state index contributed by atoms with van der Waals surface area (Å²) in [6.45, 7) is 4.71. The zero-order chi connectivity index (χ0) is 12.0. The van der Waals surface area contributed by atoms with Gasteiger partial charge in [0.2, 0.25) is 0 Å². The molecule has 6 heteroatoms. The minimum Gasteiger partial charge on any atom is -0.338 e. The second-order valence-corrected chi connectivity index (χ2v) is 4.33. The average Bonchev–Trinajstić information content (AvgIpc) is 2.73. The Morgan fingerprint density at radius 3 is 3.00 bits per heavy atom. The molecule has 0 aliphatic rings. The third kappa shape index (κ3) is 3.79. The molecule has 0 bridgehead atoms. The molecule has 0 saturated heterocycles. The van der Waals surface area contributed by atoms with Crippen molar-refractivity contribution < 1.29 is 4.79 Å². The first-order valence-corrected chi connectivity index (χ1v) is 6.22. The van der Waals surface area contributed by atoms with Crippen LogP contribution in [0.4, 0.5) is 9.93 Å². The number of nitrogens with zero attached hydrogens (tertiary/aromatic N) is 1. The third-order valence-corrected chi connectivity index (χ3v) is 2.93. The number of rotatable bonds is 5. The lowest BCUT2D eigenvalue weighted by Gasteiger charge is -2.05. The van der Waals surface area contributed by atoms with Crippen molar-refractivity contribution in [3.8, 4) is 0 Å². The normalized spacial score (nSPS) is 12.2. The van der Waals surface area contributed by atoms with E-state index in [4.69, 9.17) is 0 Å². The predicted octanol–water partition coefficient (Wildman–Crippen LogP) is 1.95. The van der Waals surface area contributed by atoms with E-state index in [1.807, 2.05) is 26.3 Å². The van der Waals surface area contributed by atoms with Crippen molar-refractivity contribution in [2.45, 2.75) is 26.3 Å². The monoisotopic (exact) mass is 242 g/mol. The summed E-state index contributed by atoms with van der Waals surface area (Å²) in [5.41, 5.74) is 0.943. The lowest BCUT2D eigenvalue weighted by molar-refractivity contribution is 0.252. The van der Waals surface area contributed by atoms with Gasteiger partial charge in [-0.2, -0.15) is 0 Å². The fourth-order valence-corrected chi connectivity index (χ4v) is 1.87. The second kappa shape index (κ2) is 6.44. The molecule has 1 heterocycles. The molecule has 0 saturated carbocycles. The van der Waals surface area contributed by atoms with Crippen LogP contribution in [0.5, 0.6) is 0 Å². The third-order valence-electron chi connectivity index (χ3n) is 2.15. The van der Waals surface area contributed by atoms with Crippen LogP contribution in [0.2, 0.25) is 0 Å². The van der Waals surface area contributed by atoms with E-state index in [0.29, 0.717) is 11.7 Å². The summed E-state index contributed by atoms with van der Waals surface area (Å²) in [6.07, 6.45) is 0.924. The first-order valence-electron chi connectivity index (χ1n) is 5.35. The highest BCUT2D eigenvalue weighted by Crippen LogP contribution is 2.19. The maximum absolute atomic E-state index is 11.3. The Labute approximate surface area is 99.7 Å². The van der Waals surface area contributed by atoms with Crippen molar-refractivity contribution in [2.75, 3.05) is 18.9 Å². The number of nitrogens with one attached hydrogen (secondary N) is 3. The quantitative estimate of drug-likeness (QED) is 0.739. The van der Waals surface area contributed by atoms with Gasteiger partial charge in [0, 0.05) is 18.0 Å². The molecule has 2 amide bonds. The Bertz CT molecular complexity index is 339. The molecule has 0 aliphatic heterocycles. The van der Waals surface area contributed by atoms with Gasteiger partial charge in [-0.15, -0.1) is 11.3 Å². The van der Waals surface area contributed by atoms with Crippen LogP contribution < -0.4 is 16.0 Å². The number of hydrogen-bond donors (Lipinski definition) is 3. The topological polar surface area (TPSA) is 66.0 Å². The van der Waals surface area contributed by atoms with Gasteiger partial charge in [-0.1, -0.05) is 6.92 Å². The van der Waals surface area contributed by atoms with Gasteiger partial charge < -0.3 is 10.6 Å². The Morgan fingerprint density at radius 1 is 1.62 bits per heavy atom. The van der Waals surface area contributed by atoms with Gasteiger partial charge in [0.05, 0.1) is 5.69 Å². The molecule has 1 rings (SSSR count). The van der Waals surface area contributed by atoms with Gasteiger partial charge in [0.15, 0.2) is 5.13 Å². The van der Waals surface area contributed by atoms with Gasteiger partial charge in [0.1, 0.15) is 0 Å². The van der Waals surface area contributed by atoms with Gasteiger partial charge in [0.25, 0.3) is 0 Å². The number of anilines is 1. The van der Waals surface area contributed by atoms with Crippen LogP contribution in [0.15, 0.2) is 5.38 Å². The van der Waals surface area contributed by atoms with Crippen LogP contribution in [0.25, 0.3) is 0 Å². The summed E-state index contributed by atoms with van der Waals surface area (Å²) < 4.78 is 0. The van der Waals surface area contributed by atoms with E-state index in [9.17, 15) is 4.79 Å². The molecule has 5 nitrogen and oxygen atoms in total. The number of amides is 2.